The molecular formula is C24H31N3O3. The fourth-order valence-corrected chi connectivity index (χ4v) is 5.53. The topological polar surface area (TPSA) is 61.9 Å². The number of ether oxygens (including phenoxy) is 1. The van der Waals surface area contributed by atoms with Gasteiger partial charge >= 0.3 is 0 Å². The predicted octanol–water partition coefficient (Wildman–Crippen LogP) is 3.08. The number of carbonyl (C=O) groups excluding carboxylic acids is 2. The van der Waals surface area contributed by atoms with Crippen molar-refractivity contribution in [2.45, 2.75) is 70.2 Å². The summed E-state index contributed by atoms with van der Waals surface area (Å²) in [6, 6.07) is 5.89. The summed E-state index contributed by atoms with van der Waals surface area (Å²) in [7, 11) is 0. The van der Waals surface area contributed by atoms with Crippen molar-refractivity contribution < 1.29 is 14.3 Å². The number of hydrogen-bond donors (Lipinski definition) is 1. The minimum atomic E-state index is -0.420. The summed E-state index contributed by atoms with van der Waals surface area (Å²) in [5.41, 5.74) is 2.38. The summed E-state index contributed by atoms with van der Waals surface area (Å²) in [4.78, 5) is 29.6. The molecule has 6 nitrogen and oxygen atoms in total. The molecule has 0 spiro atoms. The number of fused-ring (bicyclic) bond motifs is 1. The van der Waals surface area contributed by atoms with Gasteiger partial charge in [-0.05, 0) is 61.8 Å². The van der Waals surface area contributed by atoms with Crippen molar-refractivity contribution in [3.05, 3.63) is 41.6 Å². The molecule has 4 aliphatic rings. The number of piperidine rings is 1. The maximum absolute atomic E-state index is 12.9. The van der Waals surface area contributed by atoms with Gasteiger partial charge in [0, 0.05) is 36.9 Å². The Bertz CT molecular complexity index is 876. The van der Waals surface area contributed by atoms with Crippen LogP contribution in [0.15, 0.2) is 30.5 Å². The lowest BCUT2D eigenvalue weighted by Crippen LogP contribution is -2.57. The van der Waals surface area contributed by atoms with Crippen molar-refractivity contribution in [3.8, 4) is 5.75 Å². The molecule has 1 aromatic rings. The Morgan fingerprint density at radius 2 is 1.93 bits per heavy atom. The van der Waals surface area contributed by atoms with Crippen LogP contribution in [0, 0.1) is 5.92 Å². The van der Waals surface area contributed by atoms with E-state index in [-0.39, 0.29) is 17.9 Å². The molecule has 3 aliphatic heterocycles. The monoisotopic (exact) mass is 409 g/mol. The number of allylic oxidation sites excluding steroid dienone is 1. The minimum absolute atomic E-state index is 0.0608. The van der Waals surface area contributed by atoms with Gasteiger partial charge in [-0.3, -0.25) is 14.5 Å². The Balaban J connectivity index is 1.29. The molecule has 3 atom stereocenters. The Morgan fingerprint density at radius 3 is 2.70 bits per heavy atom. The molecule has 5 rings (SSSR count). The molecule has 160 valence electrons. The lowest BCUT2D eigenvalue weighted by Gasteiger charge is -2.47. The van der Waals surface area contributed by atoms with Crippen LogP contribution in [0.25, 0.3) is 0 Å². The maximum atomic E-state index is 12.9. The molecule has 6 heteroatoms. The molecule has 0 aromatic heterocycles. The molecule has 1 aliphatic carbocycles. The number of hydrogen-bond acceptors (Lipinski definition) is 4. The Morgan fingerprint density at radius 1 is 1.13 bits per heavy atom. The molecule has 3 fully saturated rings. The third kappa shape index (κ3) is 3.51. The molecule has 2 amide bonds. The zero-order valence-corrected chi connectivity index (χ0v) is 17.7. The van der Waals surface area contributed by atoms with E-state index < -0.39 is 6.04 Å². The van der Waals surface area contributed by atoms with Crippen LogP contribution in [0.2, 0.25) is 0 Å². The third-order valence-corrected chi connectivity index (χ3v) is 7.12. The summed E-state index contributed by atoms with van der Waals surface area (Å²) in [5.74, 6) is 1.45. The van der Waals surface area contributed by atoms with Crippen LogP contribution in [0.4, 0.5) is 0 Å². The zero-order valence-electron chi connectivity index (χ0n) is 17.7. The van der Waals surface area contributed by atoms with E-state index in [2.05, 4.69) is 23.7 Å². The standard InChI is InChI=1S/C24H31N3O3/c1-15-12-26(13-15)20-5-3-4-6-22(20)30-18-8-9-19-17(11-18)14-27(24(19)29)21-10-7-16(2)25-23(21)28/h8-9,11,15,20-22H,2-7,10,12-14H2,1H3,(H,25,28)/t20-,21?,22+/m1/s1. The molecule has 1 unspecified atom stereocenters. The molecule has 0 bridgehead atoms. The van der Waals surface area contributed by atoms with Gasteiger partial charge < -0.3 is 15.0 Å². The Kier molecular flexibility index (Phi) is 5.05. The minimum Gasteiger partial charge on any atom is -0.489 e. The van der Waals surface area contributed by atoms with Gasteiger partial charge in [0.05, 0.1) is 0 Å². The van der Waals surface area contributed by atoms with Gasteiger partial charge in [0.25, 0.3) is 5.91 Å². The normalized spacial score (nSPS) is 30.1. The van der Waals surface area contributed by atoms with Crippen LogP contribution in [0.1, 0.15) is 61.4 Å². The first-order valence-corrected chi connectivity index (χ1v) is 11.3. The van der Waals surface area contributed by atoms with Crippen molar-refractivity contribution in [2.75, 3.05) is 13.1 Å². The highest BCUT2D eigenvalue weighted by molar-refractivity contribution is 6.01. The van der Waals surface area contributed by atoms with Gasteiger partial charge in [-0.25, -0.2) is 0 Å². The average Bonchev–Trinajstić information content (AvgIpc) is 3.02. The first-order chi connectivity index (χ1) is 14.5. The highest BCUT2D eigenvalue weighted by Crippen LogP contribution is 2.34. The fourth-order valence-electron chi connectivity index (χ4n) is 5.53. The molecule has 2 saturated heterocycles. The summed E-state index contributed by atoms with van der Waals surface area (Å²) in [5, 5.41) is 2.79. The van der Waals surface area contributed by atoms with E-state index in [0.717, 1.165) is 29.3 Å². The number of carbonyl (C=O) groups is 2. The molecular weight excluding hydrogens is 378 g/mol. The number of benzene rings is 1. The van der Waals surface area contributed by atoms with Gasteiger partial charge in [-0.1, -0.05) is 19.9 Å². The SMILES string of the molecule is C=C1CCC(N2Cc3cc(O[C@H]4CCCC[C@H]4N4CC(C)C4)ccc3C2=O)C(=O)N1. The number of likely N-dealkylation sites (tertiary alicyclic amines) is 1. The number of nitrogens with one attached hydrogen (secondary N) is 1. The van der Waals surface area contributed by atoms with Crippen LogP contribution in [-0.2, 0) is 11.3 Å². The van der Waals surface area contributed by atoms with Gasteiger partial charge in [0.1, 0.15) is 17.9 Å². The van der Waals surface area contributed by atoms with Crippen LogP contribution in [0.3, 0.4) is 0 Å². The van der Waals surface area contributed by atoms with E-state index in [1.165, 1.54) is 32.4 Å². The fraction of sp³-hybridized carbons (Fsp3) is 0.583. The van der Waals surface area contributed by atoms with E-state index in [1.807, 2.05) is 18.2 Å². The zero-order chi connectivity index (χ0) is 20.8. The van der Waals surface area contributed by atoms with E-state index in [9.17, 15) is 9.59 Å². The van der Waals surface area contributed by atoms with E-state index in [1.54, 1.807) is 4.90 Å². The first-order valence-electron chi connectivity index (χ1n) is 11.3. The smallest absolute Gasteiger partial charge is 0.255 e. The number of nitrogens with zero attached hydrogens (tertiary/aromatic N) is 2. The second-order valence-electron chi connectivity index (χ2n) is 9.47. The van der Waals surface area contributed by atoms with Crippen LogP contribution >= 0.6 is 0 Å². The first kappa shape index (κ1) is 19.6. The molecule has 1 saturated carbocycles. The second kappa shape index (κ2) is 7.73. The molecule has 1 N–H and O–H groups in total. The lowest BCUT2D eigenvalue weighted by molar-refractivity contribution is -0.126. The van der Waals surface area contributed by atoms with Gasteiger partial charge in [-0.15, -0.1) is 0 Å². The summed E-state index contributed by atoms with van der Waals surface area (Å²) in [6.07, 6.45) is 6.34. The van der Waals surface area contributed by atoms with Gasteiger partial charge in [-0.2, -0.15) is 0 Å². The predicted molar refractivity (Wildman–Crippen MR) is 114 cm³/mol. The lowest BCUT2D eigenvalue weighted by atomic mass is 9.87. The van der Waals surface area contributed by atoms with Crippen molar-refractivity contribution in [3.63, 3.8) is 0 Å². The van der Waals surface area contributed by atoms with Crippen molar-refractivity contribution in [1.29, 1.82) is 0 Å². The summed E-state index contributed by atoms with van der Waals surface area (Å²) in [6.45, 7) is 8.95. The summed E-state index contributed by atoms with van der Waals surface area (Å²) >= 11 is 0. The van der Waals surface area contributed by atoms with Gasteiger partial charge in [0.15, 0.2) is 0 Å². The number of rotatable bonds is 4. The van der Waals surface area contributed by atoms with Crippen LogP contribution < -0.4 is 10.1 Å². The summed E-state index contributed by atoms with van der Waals surface area (Å²) < 4.78 is 6.47. The van der Waals surface area contributed by atoms with Gasteiger partial charge in [0.2, 0.25) is 5.91 Å². The average molecular weight is 410 g/mol. The quantitative estimate of drug-likeness (QED) is 0.830. The maximum Gasteiger partial charge on any atom is 0.255 e. The molecule has 1 aromatic carbocycles. The van der Waals surface area contributed by atoms with Crippen molar-refractivity contribution in [1.82, 2.24) is 15.1 Å². The van der Waals surface area contributed by atoms with Crippen molar-refractivity contribution >= 4 is 11.8 Å². The highest BCUT2D eigenvalue weighted by atomic mass is 16.5. The van der Waals surface area contributed by atoms with Crippen molar-refractivity contribution in [2.24, 2.45) is 5.92 Å². The van der Waals surface area contributed by atoms with E-state index in [0.29, 0.717) is 31.0 Å². The van der Waals surface area contributed by atoms with E-state index >= 15 is 0 Å². The third-order valence-electron chi connectivity index (χ3n) is 7.12. The van der Waals surface area contributed by atoms with Crippen LogP contribution in [-0.4, -0.2) is 52.9 Å². The molecule has 0 radical (unpaired) electrons. The van der Waals surface area contributed by atoms with Crippen LogP contribution in [0.5, 0.6) is 5.75 Å². The second-order valence-corrected chi connectivity index (χ2v) is 9.47. The largest absolute Gasteiger partial charge is 0.489 e. The molecule has 3 heterocycles. The van der Waals surface area contributed by atoms with E-state index in [4.69, 9.17) is 4.74 Å². The molecule has 30 heavy (non-hydrogen) atoms. The Labute approximate surface area is 178 Å². The Hall–Kier alpha value is -2.34. The highest BCUT2D eigenvalue weighted by Gasteiger charge is 2.39. The number of amides is 2.